The van der Waals surface area contributed by atoms with Gasteiger partial charge in [0.15, 0.2) is 0 Å². The lowest BCUT2D eigenvalue weighted by Crippen LogP contribution is -1.95. The van der Waals surface area contributed by atoms with Crippen LogP contribution < -0.4 is 5.73 Å². The first-order chi connectivity index (χ1) is 8.19. The van der Waals surface area contributed by atoms with Crippen LogP contribution in [0.15, 0.2) is 29.2 Å². The molecule has 2 N–H and O–H groups in total. The summed E-state index contributed by atoms with van der Waals surface area (Å²) in [4.78, 5) is 7.12. The third-order valence-corrected chi connectivity index (χ3v) is 4.83. The topological polar surface area (TPSA) is 38.9 Å². The van der Waals surface area contributed by atoms with Gasteiger partial charge in [0.2, 0.25) is 0 Å². The van der Waals surface area contributed by atoms with Crippen molar-refractivity contribution in [3.63, 3.8) is 0 Å². The van der Waals surface area contributed by atoms with Crippen molar-refractivity contribution < 1.29 is 0 Å². The Bertz CT molecular complexity index is 486. The second-order valence-electron chi connectivity index (χ2n) is 3.89. The zero-order valence-corrected chi connectivity index (χ0v) is 11.7. The predicted molar refractivity (Wildman–Crippen MR) is 75.5 cm³/mol. The van der Waals surface area contributed by atoms with Crippen molar-refractivity contribution in [3.8, 4) is 0 Å². The smallest absolute Gasteiger partial charge is 0.103 e. The molecule has 0 aliphatic rings. The number of hydrogen-bond acceptors (Lipinski definition) is 4. The number of benzene rings is 1. The molecule has 1 aromatic carbocycles. The van der Waals surface area contributed by atoms with Crippen molar-refractivity contribution in [1.29, 1.82) is 0 Å². The number of thioether (sulfide) groups is 1. The van der Waals surface area contributed by atoms with E-state index in [9.17, 15) is 0 Å². The van der Waals surface area contributed by atoms with Crippen molar-refractivity contribution in [2.24, 2.45) is 5.73 Å². The van der Waals surface area contributed by atoms with E-state index in [1.165, 1.54) is 20.3 Å². The minimum absolute atomic E-state index is 0.601. The minimum atomic E-state index is 0.601. The minimum Gasteiger partial charge on any atom is -0.326 e. The van der Waals surface area contributed by atoms with Gasteiger partial charge in [0.05, 0.1) is 11.4 Å². The summed E-state index contributed by atoms with van der Waals surface area (Å²) in [6, 6.07) is 8.39. The number of thiazole rings is 1. The van der Waals surface area contributed by atoms with Gasteiger partial charge >= 0.3 is 0 Å². The summed E-state index contributed by atoms with van der Waals surface area (Å²) in [5.41, 5.74) is 7.97. The molecule has 0 aliphatic carbocycles. The number of nitrogens with zero attached hydrogens (tertiary/aromatic N) is 1. The van der Waals surface area contributed by atoms with Gasteiger partial charge in [-0.1, -0.05) is 12.1 Å². The number of aromatic nitrogens is 1. The first kappa shape index (κ1) is 12.6. The highest BCUT2D eigenvalue weighted by Crippen LogP contribution is 2.26. The van der Waals surface area contributed by atoms with E-state index in [0.29, 0.717) is 6.54 Å². The molecular formula is C13H16N2S2. The average molecular weight is 264 g/mol. The Hall–Kier alpha value is -0.840. The van der Waals surface area contributed by atoms with Crippen LogP contribution in [0, 0.1) is 13.8 Å². The van der Waals surface area contributed by atoms with E-state index < -0.39 is 0 Å². The van der Waals surface area contributed by atoms with Crippen LogP contribution in [0.4, 0.5) is 0 Å². The zero-order chi connectivity index (χ0) is 12.3. The number of nitrogens with two attached hydrogens (primary N) is 1. The third-order valence-electron chi connectivity index (χ3n) is 2.57. The normalized spacial score (nSPS) is 10.8. The van der Waals surface area contributed by atoms with Gasteiger partial charge < -0.3 is 5.73 Å². The Morgan fingerprint density at radius 3 is 2.82 bits per heavy atom. The van der Waals surface area contributed by atoms with Crippen LogP contribution in [0.25, 0.3) is 0 Å². The van der Waals surface area contributed by atoms with Crippen LogP contribution in [-0.4, -0.2) is 4.98 Å². The Balaban J connectivity index is 2.01. The van der Waals surface area contributed by atoms with Gasteiger partial charge in [-0.15, -0.1) is 23.1 Å². The molecule has 2 aromatic rings. The summed E-state index contributed by atoms with van der Waals surface area (Å²) in [6.07, 6.45) is 0. The van der Waals surface area contributed by atoms with Gasteiger partial charge in [-0.05, 0) is 31.5 Å². The summed E-state index contributed by atoms with van der Waals surface area (Å²) in [6.45, 7) is 4.79. The van der Waals surface area contributed by atoms with Gasteiger partial charge in [-0.25, -0.2) is 4.98 Å². The molecular weight excluding hydrogens is 248 g/mol. The van der Waals surface area contributed by atoms with Crippen LogP contribution in [0.2, 0.25) is 0 Å². The number of rotatable bonds is 4. The lowest BCUT2D eigenvalue weighted by Gasteiger charge is -2.01. The maximum Gasteiger partial charge on any atom is 0.103 e. The van der Waals surface area contributed by atoms with Gasteiger partial charge in [-0.3, -0.25) is 0 Å². The van der Waals surface area contributed by atoms with E-state index >= 15 is 0 Å². The van der Waals surface area contributed by atoms with Crippen molar-refractivity contribution >= 4 is 23.1 Å². The lowest BCUT2D eigenvalue weighted by atomic mass is 10.2. The second kappa shape index (κ2) is 5.67. The second-order valence-corrected chi connectivity index (χ2v) is 6.23. The third kappa shape index (κ3) is 3.31. The highest BCUT2D eigenvalue weighted by Gasteiger charge is 2.04. The van der Waals surface area contributed by atoms with Gasteiger partial charge in [0.1, 0.15) is 5.01 Å². The van der Waals surface area contributed by atoms with Crippen LogP contribution in [0.1, 0.15) is 21.1 Å². The monoisotopic (exact) mass is 264 g/mol. The summed E-state index contributed by atoms with van der Waals surface area (Å²) in [5.74, 6) is 0.938. The SMILES string of the molecule is Cc1nc(CSc2cccc(CN)c2)sc1C. The predicted octanol–water partition coefficient (Wildman–Crippen LogP) is 3.51. The molecule has 4 heteroatoms. The summed E-state index contributed by atoms with van der Waals surface area (Å²) in [5, 5.41) is 1.20. The Morgan fingerprint density at radius 2 is 2.18 bits per heavy atom. The molecule has 0 saturated heterocycles. The summed E-state index contributed by atoms with van der Waals surface area (Å²) >= 11 is 3.60. The fraction of sp³-hybridized carbons (Fsp3) is 0.308. The van der Waals surface area contributed by atoms with Crippen LogP contribution in [0.3, 0.4) is 0 Å². The van der Waals surface area contributed by atoms with Crippen molar-refractivity contribution in [2.45, 2.75) is 31.0 Å². The molecule has 0 spiro atoms. The largest absolute Gasteiger partial charge is 0.326 e. The van der Waals surface area contributed by atoms with E-state index in [2.05, 4.69) is 43.1 Å². The van der Waals surface area contributed by atoms with Crippen LogP contribution in [-0.2, 0) is 12.3 Å². The van der Waals surface area contributed by atoms with E-state index in [0.717, 1.165) is 11.4 Å². The number of hydrogen-bond donors (Lipinski definition) is 1. The maximum atomic E-state index is 5.63. The molecule has 0 amide bonds. The molecule has 17 heavy (non-hydrogen) atoms. The first-order valence-electron chi connectivity index (χ1n) is 5.53. The molecule has 2 nitrogen and oxygen atoms in total. The molecule has 0 radical (unpaired) electrons. The van der Waals surface area contributed by atoms with E-state index in [4.69, 9.17) is 5.73 Å². The molecule has 1 aromatic heterocycles. The fourth-order valence-corrected chi connectivity index (χ4v) is 3.41. The fourth-order valence-electron chi connectivity index (χ4n) is 1.51. The average Bonchev–Trinajstić information content (AvgIpc) is 2.67. The molecule has 2 rings (SSSR count). The van der Waals surface area contributed by atoms with Crippen LogP contribution >= 0.6 is 23.1 Å². The Kier molecular flexibility index (Phi) is 4.20. The number of aryl methyl sites for hydroxylation is 2. The van der Waals surface area contributed by atoms with Crippen LogP contribution in [0.5, 0.6) is 0 Å². The summed E-state index contributed by atoms with van der Waals surface area (Å²) < 4.78 is 0. The molecule has 0 bridgehead atoms. The molecule has 0 atom stereocenters. The first-order valence-corrected chi connectivity index (χ1v) is 7.34. The van der Waals surface area contributed by atoms with Gasteiger partial charge in [0, 0.05) is 16.3 Å². The van der Waals surface area contributed by atoms with E-state index in [1.807, 2.05) is 11.8 Å². The molecule has 1 heterocycles. The maximum absolute atomic E-state index is 5.63. The molecule has 0 aliphatic heterocycles. The lowest BCUT2D eigenvalue weighted by molar-refractivity contribution is 1.06. The van der Waals surface area contributed by atoms with Gasteiger partial charge in [0.25, 0.3) is 0 Å². The zero-order valence-electron chi connectivity index (χ0n) is 10.1. The molecule has 0 unspecified atom stereocenters. The van der Waals surface area contributed by atoms with Crippen molar-refractivity contribution in [3.05, 3.63) is 45.4 Å². The molecule has 0 saturated carbocycles. The molecule has 0 fully saturated rings. The quantitative estimate of drug-likeness (QED) is 0.859. The standard InChI is InChI=1S/C13H16N2S2/c1-9-10(2)17-13(15-9)8-16-12-5-3-4-11(6-12)7-14/h3-6H,7-8,14H2,1-2H3. The van der Waals surface area contributed by atoms with Gasteiger partial charge in [-0.2, -0.15) is 0 Å². The van der Waals surface area contributed by atoms with E-state index in [1.54, 1.807) is 11.3 Å². The molecule has 90 valence electrons. The Morgan fingerprint density at radius 1 is 1.35 bits per heavy atom. The Labute approximate surface area is 110 Å². The van der Waals surface area contributed by atoms with E-state index in [-0.39, 0.29) is 0 Å². The van der Waals surface area contributed by atoms with Crippen molar-refractivity contribution in [1.82, 2.24) is 4.98 Å². The highest BCUT2D eigenvalue weighted by atomic mass is 32.2. The highest BCUT2D eigenvalue weighted by molar-refractivity contribution is 7.98. The summed E-state index contributed by atoms with van der Waals surface area (Å²) in [7, 11) is 0. The van der Waals surface area contributed by atoms with Crippen molar-refractivity contribution in [2.75, 3.05) is 0 Å².